The second-order valence-corrected chi connectivity index (χ2v) is 4.08. The Bertz CT molecular complexity index is 311. The summed E-state index contributed by atoms with van der Waals surface area (Å²) in [7, 11) is 0. The molecule has 14 heavy (non-hydrogen) atoms. The molecule has 0 heterocycles. The zero-order valence-corrected chi connectivity index (χ0v) is 8.26. The summed E-state index contributed by atoms with van der Waals surface area (Å²) < 4.78 is 0. The average molecular weight is 188 g/mol. The van der Waals surface area contributed by atoms with Gasteiger partial charge in [0, 0.05) is 5.92 Å². The predicted molar refractivity (Wildman–Crippen MR) is 58.8 cm³/mol. The quantitative estimate of drug-likeness (QED) is 0.627. The molecule has 3 unspecified atom stereocenters. The lowest BCUT2D eigenvalue weighted by Crippen LogP contribution is -2.32. The summed E-state index contributed by atoms with van der Waals surface area (Å²) in [6, 6.07) is 0. The van der Waals surface area contributed by atoms with Crippen LogP contribution in [-0.4, -0.2) is 10.7 Å². The lowest BCUT2D eigenvalue weighted by molar-refractivity contribution is 0.0557. The van der Waals surface area contributed by atoms with Crippen molar-refractivity contribution in [2.24, 2.45) is 11.8 Å². The Hall–Kier alpha value is -1.08. The molecule has 0 aromatic heterocycles. The Morgan fingerprint density at radius 1 is 1.21 bits per heavy atom. The Morgan fingerprint density at radius 3 is 2.79 bits per heavy atom. The third-order valence-electron chi connectivity index (χ3n) is 3.16. The van der Waals surface area contributed by atoms with Gasteiger partial charge in [0.25, 0.3) is 0 Å². The molecule has 2 aliphatic carbocycles. The first-order chi connectivity index (χ1) is 6.74. The summed E-state index contributed by atoms with van der Waals surface area (Å²) in [6.07, 6.45) is 16.0. The highest BCUT2D eigenvalue weighted by molar-refractivity contribution is 5.24. The molecule has 0 amide bonds. The predicted octanol–water partition coefficient (Wildman–Crippen LogP) is 2.61. The number of hydrogen-bond donors (Lipinski definition) is 1. The summed E-state index contributed by atoms with van der Waals surface area (Å²) in [5.74, 6) is 0.548. The van der Waals surface area contributed by atoms with Gasteiger partial charge in [0.15, 0.2) is 0 Å². The molecule has 0 aliphatic heterocycles. The first kappa shape index (κ1) is 9.47. The van der Waals surface area contributed by atoms with E-state index in [4.69, 9.17) is 0 Å². The smallest absolute Gasteiger partial charge is 0.0922 e. The van der Waals surface area contributed by atoms with Crippen molar-refractivity contribution in [2.45, 2.75) is 18.4 Å². The van der Waals surface area contributed by atoms with Gasteiger partial charge in [-0.1, -0.05) is 42.5 Å². The van der Waals surface area contributed by atoms with Crippen molar-refractivity contribution in [1.29, 1.82) is 0 Å². The summed E-state index contributed by atoms with van der Waals surface area (Å²) in [5.41, 5.74) is -0.756. The molecule has 2 bridgehead atoms. The van der Waals surface area contributed by atoms with Crippen LogP contribution in [0.25, 0.3) is 0 Å². The molecular weight excluding hydrogens is 172 g/mol. The normalized spacial score (nSPS) is 40.4. The van der Waals surface area contributed by atoms with Gasteiger partial charge in [0.1, 0.15) is 0 Å². The van der Waals surface area contributed by atoms with E-state index in [1.54, 1.807) is 6.08 Å². The molecule has 1 N–H and O–H groups in total. The molecule has 2 rings (SSSR count). The second kappa shape index (κ2) is 3.58. The van der Waals surface area contributed by atoms with Crippen molar-refractivity contribution in [3.8, 4) is 0 Å². The Balaban J connectivity index is 2.37. The van der Waals surface area contributed by atoms with E-state index in [0.29, 0.717) is 5.92 Å². The van der Waals surface area contributed by atoms with Gasteiger partial charge in [-0.2, -0.15) is 0 Å². The molecule has 0 aromatic carbocycles. The molecule has 0 aromatic rings. The average Bonchev–Trinajstić information content (AvgIpc) is 2.25. The zero-order valence-electron chi connectivity index (χ0n) is 8.26. The van der Waals surface area contributed by atoms with Crippen LogP contribution in [0.15, 0.2) is 49.1 Å². The number of aliphatic hydroxyl groups is 1. The van der Waals surface area contributed by atoms with Gasteiger partial charge in [-0.3, -0.25) is 0 Å². The van der Waals surface area contributed by atoms with Crippen molar-refractivity contribution >= 4 is 0 Å². The first-order valence-electron chi connectivity index (χ1n) is 5.14. The van der Waals surface area contributed by atoms with Gasteiger partial charge < -0.3 is 5.11 Å². The van der Waals surface area contributed by atoms with Crippen molar-refractivity contribution < 1.29 is 5.11 Å². The van der Waals surface area contributed by atoms with Crippen molar-refractivity contribution in [2.75, 3.05) is 0 Å². The highest BCUT2D eigenvalue weighted by Gasteiger charge is 2.32. The second-order valence-electron chi connectivity index (χ2n) is 4.08. The molecule has 0 saturated heterocycles. The molecular formula is C13H16O. The number of fused-ring (bicyclic) bond motifs is 2. The zero-order chi connectivity index (χ0) is 10.0. The molecule has 3 atom stereocenters. The minimum absolute atomic E-state index is 0.0787. The van der Waals surface area contributed by atoms with E-state index in [0.717, 1.165) is 12.8 Å². The molecule has 0 radical (unpaired) electrons. The maximum atomic E-state index is 10.3. The summed E-state index contributed by atoms with van der Waals surface area (Å²) in [5, 5.41) is 10.3. The minimum Gasteiger partial charge on any atom is -0.385 e. The first-order valence-corrected chi connectivity index (χ1v) is 5.14. The van der Waals surface area contributed by atoms with E-state index < -0.39 is 5.60 Å². The summed E-state index contributed by atoms with van der Waals surface area (Å²) in [6.45, 7) is 3.74. The topological polar surface area (TPSA) is 20.2 Å². The van der Waals surface area contributed by atoms with Gasteiger partial charge in [-0.25, -0.2) is 0 Å². The van der Waals surface area contributed by atoms with Crippen LogP contribution in [-0.2, 0) is 0 Å². The third kappa shape index (κ3) is 1.60. The van der Waals surface area contributed by atoms with Crippen LogP contribution in [0.3, 0.4) is 0 Å². The van der Waals surface area contributed by atoms with E-state index in [9.17, 15) is 5.11 Å². The van der Waals surface area contributed by atoms with E-state index in [2.05, 4.69) is 30.9 Å². The monoisotopic (exact) mass is 188 g/mol. The van der Waals surface area contributed by atoms with E-state index in [1.807, 2.05) is 12.2 Å². The standard InChI is InChI=1S/C13H16O/c1-2-13(14)10-9-11-5-3-4-6-12(13)8-7-11/h2-8,11-12,14H,1,9-10H2. The molecule has 0 saturated carbocycles. The molecule has 74 valence electrons. The van der Waals surface area contributed by atoms with E-state index in [-0.39, 0.29) is 5.92 Å². The fraction of sp³-hybridized carbons (Fsp3) is 0.385. The van der Waals surface area contributed by atoms with Gasteiger partial charge in [0.05, 0.1) is 5.60 Å². The number of allylic oxidation sites excluding steroid dienone is 4. The molecule has 0 spiro atoms. The van der Waals surface area contributed by atoms with Crippen LogP contribution in [0.5, 0.6) is 0 Å². The lowest BCUT2D eigenvalue weighted by atomic mass is 9.84. The van der Waals surface area contributed by atoms with E-state index >= 15 is 0 Å². The fourth-order valence-corrected chi connectivity index (χ4v) is 2.11. The van der Waals surface area contributed by atoms with Crippen LogP contribution in [0.1, 0.15) is 12.8 Å². The minimum atomic E-state index is -0.756. The molecule has 1 nitrogen and oxygen atoms in total. The van der Waals surface area contributed by atoms with Crippen LogP contribution < -0.4 is 0 Å². The Morgan fingerprint density at radius 2 is 2.00 bits per heavy atom. The van der Waals surface area contributed by atoms with Gasteiger partial charge in [0.2, 0.25) is 0 Å². The number of rotatable bonds is 1. The largest absolute Gasteiger partial charge is 0.385 e. The Labute approximate surface area is 85.1 Å². The summed E-state index contributed by atoms with van der Waals surface area (Å²) >= 11 is 0. The number of hydrogen-bond acceptors (Lipinski definition) is 1. The third-order valence-corrected chi connectivity index (χ3v) is 3.16. The van der Waals surface area contributed by atoms with Crippen molar-refractivity contribution in [1.82, 2.24) is 0 Å². The van der Waals surface area contributed by atoms with Crippen molar-refractivity contribution in [3.63, 3.8) is 0 Å². The van der Waals surface area contributed by atoms with Gasteiger partial charge >= 0.3 is 0 Å². The molecule has 1 heteroatoms. The van der Waals surface area contributed by atoms with Gasteiger partial charge in [-0.15, -0.1) is 6.58 Å². The van der Waals surface area contributed by atoms with Gasteiger partial charge in [-0.05, 0) is 18.8 Å². The lowest BCUT2D eigenvalue weighted by Gasteiger charge is -2.28. The highest BCUT2D eigenvalue weighted by atomic mass is 16.3. The Kier molecular flexibility index (Phi) is 2.42. The van der Waals surface area contributed by atoms with Crippen LogP contribution in [0.2, 0.25) is 0 Å². The van der Waals surface area contributed by atoms with E-state index in [1.165, 1.54) is 0 Å². The molecule has 0 fully saturated rings. The highest BCUT2D eigenvalue weighted by Crippen LogP contribution is 2.34. The molecule has 2 aliphatic rings. The summed E-state index contributed by atoms with van der Waals surface area (Å²) in [4.78, 5) is 0. The van der Waals surface area contributed by atoms with Crippen LogP contribution in [0.4, 0.5) is 0 Å². The SMILES string of the molecule is C=CC1(O)CCC2C=CC=CC1C=C2. The van der Waals surface area contributed by atoms with Crippen molar-refractivity contribution in [3.05, 3.63) is 49.1 Å². The maximum absolute atomic E-state index is 10.3. The van der Waals surface area contributed by atoms with Crippen LogP contribution >= 0.6 is 0 Å². The fourth-order valence-electron chi connectivity index (χ4n) is 2.11. The maximum Gasteiger partial charge on any atom is 0.0922 e. The van der Waals surface area contributed by atoms with Crippen LogP contribution in [0, 0.1) is 11.8 Å².